The number of hydrogen-bond acceptors (Lipinski definition) is 4. The highest BCUT2D eigenvalue weighted by atomic mass is 79.9. The SMILES string of the molecule is CCOC(=O)CN(c1ccc(Br)cc1F)S(=O)(=O)c1ccc(C)cc1. The Kier molecular flexibility index (Phi) is 6.18. The second-order valence-electron chi connectivity index (χ2n) is 5.23. The minimum Gasteiger partial charge on any atom is -0.465 e. The topological polar surface area (TPSA) is 63.7 Å². The van der Waals surface area contributed by atoms with E-state index in [1.165, 1.54) is 24.3 Å². The van der Waals surface area contributed by atoms with Crippen LogP contribution in [0, 0.1) is 12.7 Å². The fourth-order valence-electron chi connectivity index (χ4n) is 2.14. The van der Waals surface area contributed by atoms with Gasteiger partial charge in [-0.25, -0.2) is 12.8 Å². The van der Waals surface area contributed by atoms with E-state index in [-0.39, 0.29) is 17.2 Å². The molecule has 0 unspecified atom stereocenters. The first-order valence-electron chi connectivity index (χ1n) is 7.45. The molecule has 2 aromatic carbocycles. The number of rotatable bonds is 6. The van der Waals surface area contributed by atoms with Crippen molar-refractivity contribution >= 4 is 37.6 Å². The highest BCUT2D eigenvalue weighted by Gasteiger charge is 2.29. The molecule has 0 saturated carbocycles. The largest absolute Gasteiger partial charge is 0.465 e. The van der Waals surface area contributed by atoms with Gasteiger partial charge in [0.1, 0.15) is 12.4 Å². The monoisotopic (exact) mass is 429 g/mol. The standard InChI is InChI=1S/C17H17BrFNO4S/c1-3-24-17(21)11-20(16-9-6-13(18)10-15(16)19)25(22,23)14-7-4-12(2)5-8-14/h4-10H,3,11H2,1-2H3. The number of halogens is 2. The van der Waals surface area contributed by atoms with Crippen LogP contribution in [0.15, 0.2) is 51.8 Å². The van der Waals surface area contributed by atoms with Crippen molar-refractivity contribution in [2.24, 2.45) is 0 Å². The van der Waals surface area contributed by atoms with Crippen molar-refractivity contribution in [2.45, 2.75) is 18.7 Å². The lowest BCUT2D eigenvalue weighted by atomic mass is 10.2. The van der Waals surface area contributed by atoms with E-state index >= 15 is 0 Å². The molecule has 2 rings (SSSR count). The molecule has 0 heterocycles. The summed E-state index contributed by atoms with van der Waals surface area (Å²) in [6.45, 7) is 2.90. The van der Waals surface area contributed by atoms with Crippen molar-refractivity contribution in [3.05, 3.63) is 58.3 Å². The summed E-state index contributed by atoms with van der Waals surface area (Å²) in [5.74, 6) is -1.53. The molecule has 134 valence electrons. The molecular formula is C17H17BrFNO4S. The van der Waals surface area contributed by atoms with Gasteiger partial charge in [-0.2, -0.15) is 0 Å². The zero-order chi connectivity index (χ0) is 18.6. The Morgan fingerprint density at radius 2 is 1.84 bits per heavy atom. The first kappa shape index (κ1) is 19.4. The summed E-state index contributed by atoms with van der Waals surface area (Å²) in [5.41, 5.74) is 0.655. The van der Waals surface area contributed by atoms with Crippen molar-refractivity contribution < 1.29 is 22.3 Å². The Hall–Kier alpha value is -1.93. The van der Waals surface area contributed by atoms with Crippen molar-refractivity contribution in [1.82, 2.24) is 0 Å². The minimum absolute atomic E-state index is 0.0373. The number of hydrogen-bond donors (Lipinski definition) is 0. The van der Waals surface area contributed by atoms with Gasteiger partial charge in [-0.05, 0) is 44.2 Å². The Labute approximate surface area is 154 Å². The highest BCUT2D eigenvalue weighted by Crippen LogP contribution is 2.28. The fourth-order valence-corrected chi connectivity index (χ4v) is 3.89. The van der Waals surface area contributed by atoms with E-state index in [1.54, 1.807) is 19.1 Å². The molecule has 0 bridgehead atoms. The molecular weight excluding hydrogens is 413 g/mol. The highest BCUT2D eigenvalue weighted by molar-refractivity contribution is 9.10. The third-order valence-electron chi connectivity index (χ3n) is 3.37. The number of esters is 1. The molecule has 25 heavy (non-hydrogen) atoms. The first-order valence-corrected chi connectivity index (χ1v) is 9.69. The molecule has 0 atom stereocenters. The lowest BCUT2D eigenvalue weighted by Gasteiger charge is -2.24. The van der Waals surface area contributed by atoms with E-state index in [9.17, 15) is 17.6 Å². The number of benzene rings is 2. The minimum atomic E-state index is -4.14. The van der Waals surface area contributed by atoms with Crippen LogP contribution in [-0.2, 0) is 19.6 Å². The maximum atomic E-state index is 14.4. The van der Waals surface area contributed by atoms with Gasteiger partial charge in [-0.15, -0.1) is 0 Å². The van der Waals surface area contributed by atoms with Gasteiger partial charge in [0, 0.05) is 4.47 Å². The Morgan fingerprint density at radius 1 is 1.20 bits per heavy atom. The number of anilines is 1. The van der Waals surface area contributed by atoms with Crippen LogP contribution in [0.4, 0.5) is 10.1 Å². The van der Waals surface area contributed by atoms with Crippen LogP contribution in [-0.4, -0.2) is 27.5 Å². The third kappa shape index (κ3) is 4.58. The molecule has 2 aromatic rings. The van der Waals surface area contributed by atoms with Crippen molar-refractivity contribution in [3.8, 4) is 0 Å². The summed E-state index contributed by atoms with van der Waals surface area (Å²) in [7, 11) is -4.14. The maximum Gasteiger partial charge on any atom is 0.326 e. The number of carbonyl (C=O) groups excluding carboxylic acids is 1. The molecule has 8 heteroatoms. The molecule has 0 radical (unpaired) electrons. The van der Waals surface area contributed by atoms with E-state index in [4.69, 9.17) is 4.74 Å². The summed E-state index contributed by atoms with van der Waals surface area (Å²) in [5, 5.41) is 0. The second-order valence-corrected chi connectivity index (χ2v) is 8.00. The normalized spacial score (nSPS) is 11.2. The molecule has 0 aliphatic heterocycles. The molecule has 0 saturated heterocycles. The summed E-state index contributed by atoms with van der Waals surface area (Å²) >= 11 is 3.12. The van der Waals surface area contributed by atoms with Gasteiger partial charge >= 0.3 is 5.97 Å². The van der Waals surface area contributed by atoms with Gasteiger partial charge in [0.05, 0.1) is 17.2 Å². The third-order valence-corrected chi connectivity index (χ3v) is 5.63. The lowest BCUT2D eigenvalue weighted by Crippen LogP contribution is -2.37. The zero-order valence-corrected chi connectivity index (χ0v) is 16.1. The van der Waals surface area contributed by atoms with E-state index in [0.29, 0.717) is 4.47 Å². The van der Waals surface area contributed by atoms with Crippen LogP contribution in [0.3, 0.4) is 0 Å². The Balaban J connectivity index is 2.53. The number of carbonyl (C=O) groups is 1. The van der Waals surface area contributed by atoms with Crippen molar-refractivity contribution in [2.75, 3.05) is 17.5 Å². The average Bonchev–Trinajstić information content (AvgIpc) is 2.54. The van der Waals surface area contributed by atoms with Gasteiger partial charge in [-0.3, -0.25) is 9.10 Å². The number of ether oxygens (including phenoxy) is 1. The van der Waals surface area contributed by atoms with Crippen LogP contribution in [0.2, 0.25) is 0 Å². The summed E-state index contributed by atoms with van der Waals surface area (Å²) in [6, 6.07) is 10.0. The summed E-state index contributed by atoms with van der Waals surface area (Å²) in [4.78, 5) is 11.8. The predicted molar refractivity (Wildman–Crippen MR) is 96.4 cm³/mol. The van der Waals surface area contributed by atoms with E-state index in [0.717, 1.165) is 15.9 Å². The maximum absolute atomic E-state index is 14.4. The lowest BCUT2D eigenvalue weighted by molar-refractivity contribution is -0.141. The van der Waals surface area contributed by atoms with Gasteiger partial charge in [0.25, 0.3) is 10.0 Å². The van der Waals surface area contributed by atoms with Crippen LogP contribution >= 0.6 is 15.9 Å². The van der Waals surface area contributed by atoms with Crippen LogP contribution in [0.25, 0.3) is 0 Å². The summed E-state index contributed by atoms with van der Waals surface area (Å²) < 4.78 is 46.3. The molecule has 0 aliphatic rings. The van der Waals surface area contributed by atoms with Crippen molar-refractivity contribution in [3.63, 3.8) is 0 Å². The van der Waals surface area contributed by atoms with Gasteiger partial charge in [-0.1, -0.05) is 33.6 Å². The van der Waals surface area contributed by atoms with Crippen molar-refractivity contribution in [1.29, 1.82) is 0 Å². The van der Waals surface area contributed by atoms with Crippen LogP contribution < -0.4 is 4.31 Å². The number of aryl methyl sites for hydroxylation is 1. The second kappa shape index (κ2) is 7.97. The Bertz CT molecular complexity index is 869. The average molecular weight is 430 g/mol. The molecule has 0 spiro atoms. The molecule has 0 amide bonds. The van der Waals surface area contributed by atoms with Gasteiger partial charge in [0.15, 0.2) is 0 Å². The fraction of sp³-hybridized carbons (Fsp3) is 0.235. The molecule has 0 fully saturated rings. The van der Waals surface area contributed by atoms with Crippen LogP contribution in [0.5, 0.6) is 0 Å². The molecule has 0 N–H and O–H groups in total. The zero-order valence-electron chi connectivity index (χ0n) is 13.7. The van der Waals surface area contributed by atoms with E-state index in [2.05, 4.69) is 15.9 Å². The smallest absolute Gasteiger partial charge is 0.326 e. The summed E-state index contributed by atoms with van der Waals surface area (Å²) in [6.07, 6.45) is 0. The van der Waals surface area contributed by atoms with Gasteiger partial charge in [0.2, 0.25) is 0 Å². The number of sulfonamides is 1. The van der Waals surface area contributed by atoms with Gasteiger partial charge < -0.3 is 4.74 Å². The van der Waals surface area contributed by atoms with Crippen LogP contribution in [0.1, 0.15) is 12.5 Å². The van der Waals surface area contributed by atoms with E-state index in [1.807, 2.05) is 6.92 Å². The quantitative estimate of drug-likeness (QED) is 0.657. The Morgan fingerprint density at radius 3 is 2.40 bits per heavy atom. The molecule has 0 aliphatic carbocycles. The number of nitrogens with zero attached hydrogens (tertiary/aromatic N) is 1. The molecule has 0 aromatic heterocycles. The first-order chi connectivity index (χ1) is 11.8. The molecule has 5 nitrogen and oxygen atoms in total. The predicted octanol–water partition coefficient (Wildman–Crippen LogP) is 3.66. The van der Waals surface area contributed by atoms with E-state index < -0.39 is 28.4 Å².